The van der Waals surface area contributed by atoms with E-state index in [1.165, 1.54) is 19.1 Å². The van der Waals surface area contributed by atoms with Crippen LogP contribution in [0.3, 0.4) is 0 Å². The van der Waals surface area contributed by atoms with Crippen LogP contribution < -0.4 is 15.5 Å². The summed E-state index contributed by atoms with van der Waals surface area (Å²) in [6, 6.07) is 9.70. The van der Waals surface area contributed by atoms with Crippen molar-refractivity contribution in [2.24, 2.45) is 0 Å². The van der Waals surface area contributed by atoms with Crippen molar-refractivity contribution in [1.82, 2.24) is 5.32 Å². The maximum Gasteiger partial charge on any atom is 0.243 e. The van der Waals surface area contributed by atoms with Gasteiger partial charge < -0.3 is 10.6 Å². The fourth-order valence-corrected chi connectivity index (χ4v) is 4.10. The van der Waals surface area contributed by atoms with Crippen LogP contribution in [-0.2, 0) is 25.2 Å². The average Bonchev–Trinajstić information content (AvgIpc) is 2.71. The van der Waals surface area contributed by atoms with Gasteiger partial charge in [0.05, 0.1) is 5.02 Å². The highest BCUT2D eigenvalue weighted by Crippen LogP contribution is 2.25. The summed E-state index contributed by atoms with van der Waals surface area (Å²) in [5.41, 5.74) is 1.19. The van der Waals surface area contributed by atoms with Gasteiger partial charge in [-0.25, -0.2) is 4.39 Å². The Balaban J connectivity index is 2.17. The molecule has 2 rings (SSSR count). The van der Waals surface area contributed by atoms with Crippen molar-refractivity contribution in [3.05, 3.63) is 58.9 Å². The minimum absolute atomic E-state index is 0.175. The van der Waals surface area contributed by atoms with E-state index in [-0.39, 0.29) is 10.7 Å². The number of hydrogen-bond donors (Lipinski definition) is 2. The molecule has 0 saturated heterocycles. The number of nitrogens with zero attached hydrogens (tertiary/aromatic N) is 1. The molecule has 2 atom stereocenters. The Morgan fingerprint density at radius 3 is 2.26 bits per heavy atom. The summed E-state index contributed by atoms with van der Waals surface area (Å²) in [4.78, 5) is 39.3. The van der Waals surface area contributed by atoms with Crippen LogP contribution in [0.5, 0.6) is 0 Å². The monoisotopic (exact) mass is 509 g/mol. The molecule has 34 heavy (non-hydrogen) atoms. The number of hydrogen-bond acceptors (Lipinski definition) is 4. The van der Waals surface area contributed by atoms with Gasteiger partial charge in [-0.1, -0.05) is 29.3 Å². The molecule has 2 aromatic carbocycles. The molecule has 2 aromatic rings. The quantitative estimate of drug-likeness (QED) is 0.565. The van der Waals surface area contributed by atoms with E-state index in [0.29, 0.717) is 5.69 Å². The van der Waals surface area contributed by atoms with E-state index >= 15 is 0 Å². The number of anilines is 2. The van der Waals surface area contributed by atoms with Gasteiger partial charge in [0.2, 0.25) is 17.7 Å². The van der Waals surface area contributed by atoms with Crippen molar-refractivity contribution in [2.75, 3.05) is 21.7 Å². The lowest BCUT2D eigenvalue weighted by molar-refractivity contribution is -0.126. The zero-order valence-electron chi connectivity index (χ0n) is 19.8. The van der Waals surface area contributed by atoms with Crippen LogP contribution in [0.2, 0.25) is 5.02 Å². The van der Waals surface area contributed by atoms with Gasteiger partial charge in [0.1, 0.15) is 23.4 Å². The molecule has 0 aliphatic rings. The van der Waals surface area contributed by atoms with Crippen LogP contribution in [-0.4, -0.2) is 45.0 Å². The van der Waals surface area contributed by atoms with Gasteiger partial charge in [-0.2, -0.15) is 0 Å². The standard InChI is InChI=1S/C24H29ClFN3O4S/c1-15-6-8-17(9-7-15)27-21(30)13-34(33)14-22(31)29(16(2)23(32)28-24(3,4)5)18-10-11-20(26)19(25)12-18/h6-12,16H,13-14H2,1-5H3,(H,27,30)(H,28,32). The summed E-state index contributed by atoms with van der Waals surface area (Å²) in [5, 5.41) is 5.20. The summed E-state index contributed by atoms with van der Waals surface area (Å²) < 4.78 is 26.3. The highest BCUT2D eigenvalue weighted by Gasteiger charge is 2.31. The highest BCUT2D eigenvalue weighted by molar-refractivity contribution is 7.86. The molecule has 0 aliphatic carbocycles. The Morgan fingerprint density at radius 2 is 1.71 bits per heavy atom. The van der Waals surface area contributed by atoms with Crippen molar-refractivity contribution < 1.29 is 23.0 Å². The number of rotatable bonds is 8. The van der Waals surface area contributed by atoms with Crippen LogP contribution in [0.4, 0.5) is 15.8 Å². The van der Waals surface area contributed by atoms with E-state index in [4.69, 9.17) is 11.6 Å². The molecule has 0 radical (unpaired) electrons. The Kier molecular flexibility index (Phi) is 9.35. The molecular formula is C24H29ClFN3O4S. The zero-order valence-corrected chi connectivity index (χ0v) is 21.3. The Hall–Kier alpha value is -2.78. The first-order valence-corrected chi connectivity index (χ1v) is 12.4. The second-order valence-electron chi connectivity index (χ2n) is 8.92. The molecule has 184 valence electrons. The second-order valence-corrected chi connectivity index (χ2v) is 10.8. The first-order chi connectivity index (χ1) is 15.8. The summed E-state index contributed by atoms with van der Waals surface area (Å²) in [6.45, 7) is 8.79. The molecule has 3 amide bonds. The van der Waals surface area contributed by atoms with Gasteiger partial charge in [0, 0.05) is 27.7 Å². The van der Waals surface area contributed by atoms with E-state index in [1.54, 1.807) is 32.9 Å². The molecule has 0 heterocycles. The van der Waals surface area contributed by atoms with Gasteiger partial charge in [0.15, 0.2) is 0 Å². The fourth-order valence-electron chi connectivity index (χ4n) is 3.05. The molecule has 2 N–H and O–H groups in total. The second kappa shape index (κ2) is 11.6. The van der Waals surface area contributed by atoms with E-state index < -0.39 is 57.4 Å². The maximum absolute atomic E-state index is 13.7. The number of amides is 3. The molecule has 0 aliphatic heterocycles. The van der Waals surface area contributed by atoms with E-state index in [2.05, 4.69) is 10.6 Å². The lowest BCUT2D eigenvalue weighted by atomic mass is 10.1. The van der Waals surface area contributed by atoms with Crippen LogP contribution in [0, 0.1) is 12.7 Å². The SMILES string of the molecule is Cc1ccc(NC(=O)CS(=O)CC(=O)N(c2ccc(F)c(Cl)c2)C(C)C(=O)NC(C)(C)C)cc1. The number of halogens is 2. The van der Waals surface area contributed by atoms with Crippen molar-refractivity contribution >= 4 is 51.5 Å². The number of benzene rings is 2. The highest BCUT2D eigenvalue weighted by atomic mass is 35.5. The number of nitrogens with one attached hydrogen (secondary N) is 2. The zero-order chi connectivity index (χ0) is 25.6. The van der Waals surface area contributed by atoms with Gasteiger partial charge in [-0.3, -0.25) is 23.5 Å². The first-order valence-electron chi connectivity index (χ1n) is 10.6. The van der Waals surface area contributed by atoms with Crippen molar-refractivity contribution in [3.63, 3.8) is 0 Å². The van der Waals surface area contributed by atoms with Crippen LogP contribution in [0.25, 0.3) is 0 Å². The summed E-state index contributed by atoms with van der Waals surface area (Å²) in [6.07, 6.45) is 0. The van der Waals surface area contributed by atoms with E-state index in [0.717, 1.165) is 16.5 Å². The van der Waals surface area contributed by atoms with E-state index in [1.807, 2.05) is 19.1 Å². The number of carbonyl (C=O) groups excluding carboxylic acids is 3. The molecule has 7 nitrogen and oxygen atoms in total. The third kappa shape index (κ3) is 8.22. The number of aryl methyl sites for hydroxylation is 1. The normalized spacial score (nSPS) is 13.0. The Labute approximate surface area is 206 Å². The lowest BCUT2D eigenvalue weighted by Gasteiger charge is -2.31. The smallest absolute Gasteiger partial charge is 0.243 e. The summed E-state index contributed by atoms with van der Waals surface area (Å²) in [5.74, 6) is -3.22. The molecule has 0 aromatic heterocycles. The summed E-state index contributed by atoms with van der Waals surface area (Å²) in [7, 11) is -1.85. The van der Waals surface area contributed by atoms with Crippen LogP contribution >= 0.6 is 11.6 Å². The molecule has 0 bridgehead atoms. The average molecular weight is 510 g/mol. The number of carbonyl (C=O) groups is 3. The molecule has 0 fully saturated rings. The first kappa shape index (κ1) is 27.5. The van der Waals surface area contributed by atoms with Gasteiger partial charge in [-0.15, -0.1) is 0 Å². The van der Waals surface area contributed by atoms with Crippen LogP contribution in [0.1, 0.15) is 33.3 Å². The third-order valence-corrected chi connectivity index (χ3v) is 6.07. The molecule has 10 heteroatoms. The largest absolute Gasteiger partial charge is 0.350 e. The third-order valence-electron chi connectivity index (χ3n) is 4.63. The predicted octanol–water partition coefficient (Wildman–Crippen LogP) is 3.81. The minimum Gasteiger partial charge on any atom is -0.350 e. The maximum atomic E-state index is 13.7. The van der Waals surface area contributed by atoms with Gasteiger partial charge >= 0.3 is 0 Å². The molecule has 2 unspecified atom stereocenters. The topological polar surface area (TPSA) is 95.6 Å². The minimum atomic E-state index is -1.85. The van der Waals surface area contributed by atoms with Gasteiger partial charge in [0.25, 0.3) is 0 Å². The van der Waals surface area contributed by atoms with Crippen LogP contribution in [0.15, 0.2) is 42.5 Å². The molecule has 0 saturated carbocycles. The van der Waals surface area contributed by atoms with Crippen molar-refractivity contribution in [2.45, 2.75) is 46.2 Å². The van der Waals surface area contributed by atoms with E-state index in [9.17, 15) is 23.0 Å². The summed E-state index contributed by atoms with van der Waals surface area (Å²) >= 11 is 5.89. The lowest BCUT2D eigenvalue weighted by Crippen LogP contribution is -2.53. The molecular weight excluding hydrogens is 481 g/mol. The predicted molar refractivity (Wildman–Crippen MR) is 134 cm³/mol. The molecule has 0 spiro atoms. The van der Waals surface area contributed by atoms with Crippen molar-refractivity contribution in [3.8, 4) is 0 Å². The van der Waals surface area contributed by atoms with Crippen molar-refractivity contribution in [1.29, 1.82) is 0 Å². The Morgan fingerprint density at radius 1 is 1.09 bits per heavy atom. The van der Waals surface area contributed by atoms with Gasteiger partial charge in [-0.05, 0) is 65.0 Å². The Bertz CT molecular complexity index is 1090. The fraction of sp³-hybridized carbons (Fsp3) is 0.375.